The molecular weight excluding hydrogens is 561 g/mol. The van der Waals surface area contributed by atoms with E-state index in [0.717, 1.165) is 58.9 Å². The van der Waals surface area contributed by atoms with Crippen LogP contribution in [0.4, 0.5) is 10.6 Å². The van der Waals surface area contributed by atoms with E-state index >= 15 is 0 Å². The van der Waals surface area contributed by atoms with Gasteiger partial charge < -0.3 is 24.3 Å². The predicted molar refractivity (Wildman–Crippen MR) is 146 cm³/mol. The van der Waals surface area contributed by atoms with Crippen LogP contribution in [0.1, 0.15) is 46.5 Å². The molecule has 188 valence electrons. The van der Waals surface area contributed by atoms with Gasteiger partial charge in [0.05, 0.1) is 9.77 Å². The lowest BCUT2D eigenvalue weighted by atomic mass is 9.97. The van der Waals surface area contributed by atoms with Gasteiger partial charge in [0.1, 0.15) is 23.7 Å². The van der Waals surface area contributed by atoms with Gasteiger partial charge in [-0.1, -0.05) is 19.6 Å². The molecule has 2 fully saturated rings. The number of carbonyl (C=O) groups is 1. The van der Waals surface area contributed by atoms with Gasteiger partial charge in [0.25, 0.3) is 0 Å². The van der Waals surface area contributed by atoms with Crippen molar-refractivity contribution in [2.24, 2.45) is 0 Å². The zero-order valence-corrected chi connectivity index (χ0v) is 24.4. The summed E-state index contributed by atoms with van der Waals surface area (Å²) < 4.78 is 14.6. The Bertz CT molecular complexity index is 1020. The molecule has 2 bridgehead atoms. The smallest absolute Gasteiger partial charge is 0.407 e. The van der Waals surface area contributed by atoms with Crippen LogP contribution in [0, 0.1) is 3.57 Å². The number of rotatable bonds is 7. The minimum atomic E-state index is -1.12. The zero-order chi connectivity index (χ0) is 24.7. The van der Waals surface area contributed by atoms with E-state index in [2.05, 4.69) is 63.2 Å². The van der Waals surface area contributed by atoms with E-state index < -0.39 is 13.7 Å². The Labute approximate surface area is 217 Å². The molecular formula is C24H38IN5O3Si. The average Bonchev–Trinajstić information content (AvgIpc) is 3.16. The number of anilines is 1. The lowest BCUT2D eigenvalue weighted by molar-refractivity contribution is 0.0492. The zero-order valence-electron chi connectivity index (χ0n) is 21.2. The van der Waals surface area contributed by atoms with Gasteiger partial charge in [0.2, 0.25) is 0 Å². The molecule has 0 radical (unpaired) electrons. The molecule has 10 heteroatoms. The molecule has 2 unspecified atom stereocenters. The van der Waals surface area contributed by atoms with E-state index in [1.165, 1.54) is 0 Å². The van der Waals surface area contributed by atoms with E-state index in [1.807, 2.05) is 27.0 Å². The van der Waals surface area contributed by atoms with Gasteiger partial charge >= 0.3 is 6.09 Å². The number of hydrogen-bond donors (Lipinski definition) is 1. The highest BCUT2D eigenvalue weighted by Crippen LogP contribution is 2.39. The van der Waals surface area contributed by atoms with Crippen molar-refractivity contribution in [1.29, 1.82) is 0 Å². The molecule has 2 aliphatic rings. The standard InChI is InChI=1S/C24H38IN5O3Si/c1-24(2,3)33-23(31)27-16-11-17-7-8-18(12-16)30(17)20-13-26-21-19(25)14-29(22(21)28-20)15-32-9-10-34(4,5)6/h13-14,16-18H,7-12,15H2,1-6H3,(H,27,31)/t16?,17-,18?/m0/s1. The van der Waals surface area contributed by atoms with Gasteiger partial charge in [-0.2, -0.15) is 0 Å². The van der Waals surface area contributed by atoms with E-state index in [4.69, 9.17) is 19.4 Å². The van der Waals surface area contributed by atoms with Crippen molar-refractivity contribution in [3.63, 3.8) is 0 Å². The van der Waals surface area contributed by atoms with Gasteiger partial charge in [-0.15, -0.1) is 0 Å². The summed E-state index contributed by atoms with van der Waals surface area (Å²) in [7, 11) is -1.12. The van der Waals surface area contributed by atoms with Crippen LogP contribution in [0.15, 0.2) is 12.4 Å². The Morgan fingerprint density at radius 3 is 2.53 bits per heavy atom. The average molecular weight is 600 g/mol. The number of alkyl carbamates (subject to hydrolysis) is 1. The van der Waals surface area contributed by atoms with Crippen LogP contribution in [-0.2, 0) is 16.2 Å². The van der Waals surface area contributed by atoms with Crippen molar-refractivity contribution < 1.29 is 14.3 Å². The molecule has 0 aromatic carbocycles. The number of piperidine rings is 1. The molecule has 0 aliphatic carbocycles. The Kier molecular flexibility index (Phi) is 7.50. The summed E-state index contributed by atoms with van der Waals surface area (Å²) in [5, 5.41) is 3.09. The molecule has 4 rings (SSSR count). The second kappa shape index (κ2) is 9.92. The van der Waals surface area contributed by atoms with Crippen LogP contribution in [0.25, 0.3) is 11.2 Å². The van der Waals surface area contributed by atoms with Crippen molar-refractivity contribution in [2.45, 2.75) is 103 Å². The summed E-state index contributed by atoms with van der Waals surface area (Å²) >= 11 is 2.32. The maximum absolute atomic E-state index is 12.3. The number of nitrogens with zero attached hydrogens (tertiary/aromatic N) is 4. The number of nitrogens with one attached hydrogen (secondary N) is 1. The lowest BCUT2D eigenvalue weighted by Gasteiger charge is -2.39. The van der Waals surface area contributed by atoms with Crippen LogP contribution in [0.3, 0.4) is 0 Å². The topological polar surface area (TPSA) is 81.5 Å². The van der Waals surface area contributed by atoms with Crippen LogP contribution in [0.5, 0.6) is 0 Å². The minimum Gasteiger partial charge on any atom is -0.444 e. The number of hydrogen-bond acceptors (Lipinski definition) is 6. The number of fused-ring (bicyclic) bond motifs is 3. The monoisotopic (exact) mass is 599 g/mol. The van der Waals surface area contributed by atoms with E-state index in [1.54, 1.807) is 0 Å². The van der Waals surface area contributed by atoms with E-state index in [9.17, 15) is 4.79 Å². The molecule has 2 saturated heterocycles. The molecule has 34 heavy (non-hydrogen) atoms. The first-order valence-electron chi connectivity index (χ1n) is 12.3. The normalized spacial score (nSPS) is 22.9. The summed E-state index contributed by atoms with van der Waals surface area (Å²) in [4.78, 5) is 24.5. The highest BCUT2D eigenvalue weighted by atomic mass is 127. The molecule has 2 aliphatic heterocycles. The van der Waals surface area contributed by atoms with Crippen molar-refractivity contribution in [1.82, 2.24) is 19.9 Å². The third-order valence-electron chi connectivity index (χ3n) is 6.45. The molecule has 1 N–H and O–H groups in total. The van der Waals surface area contributed by atoms with Crippen molar-refractivity contribution in [3.05, 3.63) is 16.0 Å². The Hall–Kier alpha value is -1.40. The summed E-state index contributed by atoms with van der Waals surface area (Å²) in [6.45, 7) is 14.0. The Balaban J connectivity index is 1.45. The van der Waals surface area contributed by atoms with Crippen LogP contribution in [0.2, 0.25) is 25.7 Å². The Morgan fingerprint density at radius 1 is 1.24 bits per heavy atom. The molecule has 4 heterocycles. The number of ether oxygens (including phenoxy) is 2. The molecule has 2 aromatic rings. The number of carbonyl (C=O) groups excluding carboxylic acids is 1. The first-order valence-corrected chi connectivity index (χ1v) is 17.1. The van der Waals surface area contributed by atoms with E-state index in [-0.39, 0.29) is 12.1 Å². The number of halogens is 1. The van der Waals surface area contributed by atoms with Crippen LogP contribution < -0.4 is 10.2 Å². The SMILES string of the molecule is CC(C)(C)OC(=O)NC1CC2CC[C@@H](C1)N2c1cnc2c(I)cn(COCC[Si](C)(C)C)c2n1. The predicted octanol–water partition coefficient (Wildman–Crippen LogP) is 5.37. The van der Waals surface area contributed by atoms with Crippen LogP contribution in [-0.4, -0.2) is 59.0 Å². The molecule has 0 saturated carbocycles. The molecule has 8 nitrogen and oxygen atoms in total. The first kappa shape index (κ1) is 25.7. The Morgan fingerprint density at radius 2 is 1.91 bits per heavy atom. The van der Waals surface area contributed by atoms with Crippen molar-refractivity contribution in [3.8, 4) is 0 Å². The third kappa shape index (κ3) is 6.23. The van der Waals surface area contributed by atoms with Gasteiger partial charge in [0.15, 0.2) is 5.65 Å². The maximum atomic E-state index is 12.3. The second-order valence-electron chi connectivity index (χ2n) is 11.8. The number of amides is 1. The molecule has 0 spiro atoms. The van der Waals surface area contributed by atoms with Crippen molar-refractivity contribution in [2.75, 3.05) is 11.5 Å². The molecule has 3 atom stereocenters. The first-order chi connectivity index (χ1) is 15.9. The fraction of sp³-hybridized carbons (Fsp3) is 0.708. The summed E-state index contributed by atoms with van der Waals surface area (Å²) in [6.07, 6.45) is 7.67. The highest BCUT2D eigenvalue weighted by molar-refractivity contribution is 14.1. The van der Waals surface area contributed by atoms with Crippen LogP contribution >= 0.6 is 22.6 Å². The minimum absolute atomic E-state index is 0.130. The third-order valence-corrected chi connectivity index (χ3v) is 8.95. The largest absolute Gasteiger partial charge is 0.444 e. The van der Waals surface area contributed by atoms with Gasteiger partial charge in [-0.05, 0) is 75.1 Å². The summed E-state index contributed by atoms with van der Waals surface area (Å²) in [6, 6.07) is 1.97. The fourth-order valence-electron chi connectivity index (χ4n) is 4.91. The summed E-state index contributed by atoms with van der Waals surface area (Å²) in [5.74, 6) is 0.925. The summed E-state index contributed by atoms with van der Waals surface area (Å²) in [5.41, 5.74) is 1.31. The highest BCUT2D eigenvalue weighted by Gasteiger charge is 2.42. The molecule has 2 aromatic heterocycles. The fourth-order valence-corrected chi connectivity index (χ4v) is 6.38. The van der Waals surface area contributed by atoms with Gasteiger partial charge in [-0.25, -0.2) is 14.8 Å². The van der Waals surface area contributed by atoms with Gasteiger partial charge in [0, 0.05) is 39.0 Å². The molecule has 1 amide bonds. The van der Waals surface area contributed by atoms with E-state index in [0.29, 0.717) is 18.8 Å². The lowest BCUT2D eigenvalue weighted by Crippen LogP contribution is -2.51. The maximum Gasteiger partial charge on any atom is 0.407 e. The number of aromatic nitrogens is 3. The van der Waals surface area contributed by atoms with Crippen molar-refractivity contribution >= 4 is 53.7 Å². The quantitative estimate of drug-likeness (QED) is 0.262. The second-order valence-corrected chi connectivity index (χ2v) is 18.6. The van der Waals surface area contributed by atoms with Gasteiger partial charge in [-0.3, -0.25) is 0 Å².